The number of carbonyl (C=O) groups is 2. The maximum atomic E-state index is 12.7. The van der Waals surface area contributed by atoms with E-state index in [1.807, 2.05) is 6.07 Å². The van der Waals surface area contributed by atoms with Crippen molar-refractivity contribution >= 4 is 29.9 Å². The first-order valence-corrected chi connectivity index (χ1v) is 8.44. The van der Waals surface area contributed by atoms with Crippen LogP contribution in [0.15, 0.2) is 42.5 Å². The molecule has 0 fully saturated rings. The van der Waals surface area contributed by atoms with Crippen molar-refractivity contribution in [3.05, 3.63) is 53.6 Å². The van der Waals surface area contributed by atoms with Crippen LogP contribution in [-0.4, -0.2) is 38.1 Å². The van der Waals surface area contributed by atoms with Crippen LogP contribution in [0.1, 0.15) is 34.6 Å². The van der Waals surface area contributed by atoms with Gasteiger partial charge in [0.25, 0.3) is 11.8 Å². The molecule has 0 spiro atoms. The van der Waals surface area contributed by atoms with E-state index >= 15 is 0 Å². The standard InChI is InChI=1S/C20H25N3O4.ClH/c1-20(2,21)12-22-19(25)14-10-16(26-3)17(27-4)11-15(14)23-18(24)13-8-6-5-7-9-13;/h5-11H,12,21H2,1-4H3,(H,22,25)(H,23,24);1H. The Balaban J connectivity index is 0.00000392. The van der Waals surface area contributed by atoms with Crippen LogP contribution in [0.5, 0.6) is 11.5 Å². The van der Waals surface area contributed by atoms with Crippen LogP contribution in [0.2, 0.25) is 0 Å². The topological polar surface area (TPSA) is 103 Å². The number of amides is 2. The third kappa shape index (κ3) is 6.14. The van der Waals surface area contributed by atoms with Gasteiger partial charge in [-0.25, -0.2) is 0 Å². The summed E-state index contributed by atoms with van der Waals surface area (Å²) in [6, 6.07) is 11.8. The van der Waals surface area contributed by atoms with Gasteiger partial charge in [-0.3, -0.25) is 9.59 Å². The van der Waals surface area contributed by atoms with Gasteiger partial charge < -0.3 is 25.8 Å². The average Bonchev–Trinajstić information content (AvgIpc) is 2.65. The molecule has 0 atom stereocenters. The van der Waals surface area contributed by atoms with Gasteiger partial charge in [-0.05, 0) is 32.0 Å². The molecule has 0 unspecified atom stereocenters. The molecule has 4 N–H and O–H groups in total. The number of carbonyl (C=O) groups excluding carboxylic acids is 2. The first-order valence-electron chi connectivity index (χ1n) is 8.44. The molecule has 0 aromatic heterocycles. The van der Waals surface area contributed by atoms with Crippen molar-refractivity contribution in [3.8, 4) is 11.5 Å². The number of rotatable bonds is 7. The second-order valence-electron chi connectivity index (χ2n) is 6.74. The fraction of sp³-hybridized carbons (Fsp3) is 0.300. The van der Waals surface area contributed by atoms with Gasteiger partial charge in [-0.15, -0.1) is 12.4 Å². The van der Waals surface area contributed by atoms with E-state index < -0.39 is 5.54 Å². The van der Waals surface area contributed by atoms with Crippen molar-refractivity contribution in [3.63, 3.8) is 0 Å². The summed E-state index contributed by atoms with van der Waals surface area (Å²) in [5.41, 5.74) is 6.40. The molecule has 0 aliphatic rings. The van der Waals surface area contributed by atoms with E-state index in [9.17, 15) is 9.59 Å². The van der Waals surface area contributed by atoms with E-state index in [4.69, 9.17) is 15.2 Å². The normalized spacial score (nSPS) is 10.5. The van der Waals surface area contributed by atoms with Gasteiger partial charge in [0.2, 0.25) is 0 Å². The Morgan fingerprint density at radius 1 is 1.00 bits per heavy atom. The molecule has 8 heteroatoms. The van der Waals surface area contributed by atoms with Gasteiger partial charge in [0.05, 0.1) is 25.5 Å². The fourth-order valence-electron chi connectivity index (χ4n) is 2.36. The van der Waals surface area contributed by atoms with Gasteiger partial charge in [0.15, 0.2) is 11.5 Å². The van der Waals surface area contributed by atoms with Gasteiger partial charge in [0.1, 0.15) is 0 Å². The molecule has 0 aliphatic heterocycles. The number of halogens is 1. The van der Waals surface area contributed by atoms with Crippen molar-refractivity contribution in [2.24, 2.45) is 5.73 Å². The molecular formula is C20H26ClN3O4. The molecule has 2 aromatic rings. The van der Waals surface area contributed by atoms with Crippen molar-refractivity contribution in [1.82, 2.24) is 5.32 Å². The van der Waals surface area contributed by atoms with Crippen molar-refractivity contribution < 1.29 is 19.1 Å². The lowest BCUT2D eigenvalue weighted by Gasteiger charge is -2.20. The first kappa shape index (κ1) is 23.3. The minimum atomic E-state index is -0.570. The Morgan fingerprint density at radius 2 is 1.57 bits per heavy atom. The van der Waals surface area contributed by atoms with Crippen molar-refractivity contribution in [1.29, 1.82) is 0 Å². The Kier molecular flexibility index (Phi) is 8.28. The largest absolute Gasteiger partial charge is 0.493 e. The fourth-order valence-corrected chi connectivity index (χ4v) is 2.36. The molecule has 2 aromatic carbocycles. The second-order valence-corrected chi connectivity index (χ2v) is 6.74. The monoisotopic (exact) mass is 407 g/mol. The number of nitrogens with one attached hydrogen (secondary N) is 2. The lowest BCUT2D eigenvalue weighted by molar-refractivity contribution is 0.0946. The predicted octanol–water partition coefficient (Wildman–Crippen LogP) is 2.85. The van der Waals surface area contributed by atoms with Crippen molar-refractivity contribution in [2.75, 3.05) is 26.1 Å². The quantitative estimate of drug-likeness (QED) is 0.654. The number of benzene rings is 2. The SMILES string of the molecule is COc1cc(NC(=O)c2ccccc2)c(C(=O)NCC(C)(C)N)cc1OC.Cl. The highest BCUT2D eigenvalue weighted by atomic mass is 35.5. The molecule has 0 bridgehead atoms. The minimum absolute atomic E-state index is 0. The summed E-state index contributed by atoms with van der Waals surface area (Å²) in [6.07, 6.45) is 0. The molecule has 0 aliphatic carbocycles. The Labute approximate surface area is 171 Å². The van der Waals surface area contributed by atoms with E-state index in [0.29, 0.717) is 22.7 Å². The molecule has 0 heterocycles. The summed E-state index contributed by atoms with van der Waals surface area (Å²) in [7, 11) is 2.96. The predicted molar refractivity (Wildman–Crippen MR) is 112 cm³/mol. The summed E-state index contributed by atoms with van der Waals surface area (Å²) in [5, 5.41) is 5.53. The van der Waals surface area contributed by atoms with E-state index in [2.05, 4.69) is 10.6 Å². The third-order valence-corrected chi connectivity index (χ3v) is 3.76. The van der Waals surface area contributed by atoms with Gasteiger partial charge in [0, 0.05) is 23.7 Å². The van der Waals surface area contributed by atoms with E-state index in [0.717, 1.165) is 0 Å². The minimum Gasteiger partial charge on any atom is -0.493 e. The highest BCUT2D eigenvalue weighted by Gasteiger charge is 2.20. The Hall–Kier alpha value is -2.77. The van der Waals surface area contributed by atoms with Crippen molar-refractivity contribution in [2.45, 2.75) is 19.4 Å². The van der Waals surface area contributed by atoms with E-state index in [-0.39, 0.29) is 36.3 Å². The van der Waals surface area contributed by atoms with Gasteiger partial charge >= 0.3 is 0 Å². The zero-order chi connectivity index (χ0) is 20.0. The molecular weight excluding hydrogens is 382 g/mol. The van der Waals surface area contributed by atoms with Crippen LogP contribution >= 0.6 is 12.4 Å². The molecule has 0 radical (unpaired) electrons. The molecule has 0 saturated carbocycles. The third-order valence-electron chi connectivity index (χ3n) is 3.76. The molecule has 28 heavy (non-hydrogen) atoms. The Morgan fingerprint density at radius 3 is 2.11 bits per heavy atom. The number of nitrogens with two attached hydrogens (primary N) is 1. The zero-order valence-electron chi connectivity index (χ0n) is 16.4. The van der Waals surface area contributed by atoms with Crippen LogP contribution in [-0.2, 0) is 0 Å². The van der Waals surface area contributed by atoms with Gasteiger partial charge in [-0.2, -0.15) is 0 Å². The Bertz CT molecular complexity index is 820. The summed E-state index contributed by atoms with van der Waals surface area (Å²) in [6.45, 7) is 3.88. The highest BCUT2D eigenvalue weighted by molar-refractivity contribution is 6.09. The zero-order valence-corrected chi connectivity index (χ0v) is 17.2. The first-order chi connectivity index (χ1) is 12.7. The van der Waals surface area contributed by atoms with Crippen LogP contribution in [0.3, 0.4) is 0 Å². The number of methoxy groups -OCH3 is 2. The number of anilines is 1. The number of hydrogen-bond donors (Lipinski definition) is 3. The van der Waals surface area contributed by atoms with E-state index in [1.165, 1.54) is 20.3 Å². The van der Waals surface area contributed by atoms with Gasteiger partial charge in [-0.1, -0.05) is 18.2 Å². The summed E-state index contributed by atoms with van der Waals surface area (Å²) < 4.78 is 10.6. The average molecular weight is 408 g/mol. The number of ether oxygens (including phenoxy) is 2. The maximum absolute atomic E-state index is 12.7. The van der Waals surface area contributed by atoms with Crippen LogP contribution in [0.4, 0.5) is 5.69 Å². The van der Waals surface area contributed by atoms with Crippen LogP contribution < -0.4 is 25.8 Å². The van der Waals surface area contributed by atoms with Crippen LogP contribution in [0, 0.1) is 0 Å². The maximum Gasteiger partial charge on any atom is 0.255 e. The smallest absolute Gasteiger partial charge is 0.255 e. The lowest BCUT2D eigenvalue weighted by Crippen LogP contribution is -2.45. The summed E-state index contributed by atoms with van der Waals surface area (Å²) in [4.78, 5) is 25.2. The molecule has 2 amide bonds. The molecule has 0 saturated heterocycles. The molecule has 7 nitrogen and oxygen atoms in total. The highest BCUT2D eigenvalue weighted by Crippen LogP contribution is 2.33. The number of hydrogen-bond acceptors (Lipinski definition) is 5. The second kappa shape index (κ2) is 9.96. The molecule has 2 rings (SSSR count). The lowest BCUT2D eigenvalue weighted by atomic mass is 10.1. The van der Waals surface area contributed by atoms with Crippen LogP contribution in [0.25, 0.3) is 0 Å². The molecule has 152 valence electrons. The summed E-state index contributed by atoms with van der Waals surface area (Å²) >= 11 is 0. The van der Waals surface area contributed by atoms with E-state index in [1.54, 1.807) is 44.2 Å². The summed E-state index contributed by atoms with van der Waals surface area (Å²) in [5.74, 6) is 0.0674.